The highest BCUT2D eigenvalue weighted by Gasteiger charge is 1.72. The molecule has 0 aliphatic rings. The fourth-order valence-corrected chi connectivity index (χ4v) is 0.434. The summed E-state index contributed by atoms with van der Waals surface area (Å²) in [5.74, 6) is 4.85. The van der Waals surface area contributed by atoms with Crippen LogP contribution >= 0.6 is 0 Å². The maximum absolute atomic E-state index is 4.85. The lowest BCUT2D eigenvalue weighted by Crippen LogP contribution is -2.05. The van der Waals surface area contributed by atoms with Crippen molar-refractivity contribution < 1.29 is 0 Å². The summed E-state index contributed by atoms with van der Waals surface area (Å²) >= 11 is 0. The van der Waals surface area contributed by atoms with Crippen LogP contribution in [0, 0.1) is 0 Å². The molecular formula is C6H13N3. The van der Waals surface area contributed by atoms with Crippen LogP contribution in [0.25, 0.3) is 0 Å². The van der Waals surface area contributed by atoms with E-state index in [9.17, 15) is 0 Å². The second-order valence-electron chi connectivity index (χ2n) is 1.62. The van der Waals surface area contributed by atoms with Crippen molar-refractivity contribution in [2.45, 2.75) is 6.42 Å². The first-order chi connectivity index (χ1) is 4.41. The standard InChI is InChI=1S/C6H13N3/c1-8-5-3-2-4-6-9-7/h2,4,6,8H,3,5,7H2,1H3/b4-2+,9-6-. The SMILES string of the molecule is CNCC/C=C/C=N\N. The van der Waals surface area contributed by atoms with Crippen LogP contribution in [-0.2, 0) is 0 Å². The summed E-state index contributed by atoms with van der Waals surface area (Å²) in [7, 11) is 1.92. The van der Waals surface area contributed by atoms with E-state index in [1.54, 1.807) is 6.21 Å². The van der Waals surface area contributed by atoms with Gasteiger partial charge in [-0.1, -0.05) is 6.08 Å². The lowest BCUT2D eigenvalue weighted by atomic mass is 10.4. The zero-order chi connectivity index (χ0) is 6.95. The van der Waals surface area contributed by atoms with Gasteiger partial charge in [0.2, 0.25) is 0 Å². The van der Waals surface area contributed by atoms with Crippen LogP contribution in [-0.4, -0.2) is 19.8 Å². The Hall–Kier alpha value is -0.830. The maximum Gasteiger partial charge on any atom is 0.0462 e. The molecule has 0 aliphatic heterocycles. The zero-order valence-electron chi connectivity index (χ0n) is 5.67. The van der Waals surface area contributed by atoms with Crippen LogP contribution in [0.15, 0.2) is 17.3 Å². The van der Waals surface area contributed by atoms with Gasteiger partial charge in [0.05, 0.1) is 0 Å². The Labute approximate surface area is 55.6 Å². The number of nitrogens with zero attached hydrogens (tertiary/aromatic N) is 1. The van der Waals surface area contributed by atoms with Gasteiger partial charge >= 0.3 is 0 Å². The largest absolute Gasteiger partial charge is 0.323 e. The molecule has 3 heteroatoms. The molecule has 0 aromatic rings. The number of nitrogens with two attached hydrogens (primary N) is 1. The molecule has 0 heterocycles. The number of hydrogen-bond acceptors (Lipinski definition) is 3. The predicted molar refractivity (Wildman–Crippen MR) is 40.4 cm³/mol. The molecule has 0 aliphatic carbocycles. The smallest absolute Gasteiger partial charge is 0.0462 e. The highest BCUT2D eigenvalue weighted by Crippen LogP contribution is 1.76. The first-order valence-electron chi connectivity index (χ1n) is 2.94. The van der Waals surface area contributed by atoms with Gasteiger partial charge in [-0.2, -0.15) is 5.10 Å². The second-order valence-corrected chi connectivity index (χ2v) is 1.62. The van der Waals surface area contributed by atoms with Crippen molar-refractivity contribution >= 4 is 6.21 Å². The molecule has 0 fully saturated rings. The van der Waals surface area contributed by atoms with Crippen LogP contribution in [0.5, 0.6) is 0 Å². The third-order valence-electron chi connectivity index (χ3n) is 0.869. The van der Waals surface area contributed by atoms with Gasteiger partial charge in [0.15, 0.2) is 0 Å². The van der Waals surface area contributed by atoms with Crippen LogP contribution in [0.1, 0.15) is 6.42 Å². The van der Waals surface area contributed by atoms with Gasteiger partial charge in [-0.25, -0.2) is 0 Å². The molecule has 0 aromatic heterocycles. The van der Waals surface area contributed by atoms with Crippen molar-refractivity contribution in [3.8, 4) is 0 Å². The summed E-state index contributed by atoms with van der Waals surface area (Å²) in [6.07, 6.45) is 6.42. The molecule has 0 unspecified atom stereocenters. The zero-order valence-corrected chi connectivity index (χ0v) is 5.67. The van der Waals surface area contributed by atoms with E-state index < -0.39 is 0 Å². The first kappa shape index (κ1) is 8.17. The molecule has 9 heavy (non-hydrogen) atoms. The van der Waals surface area contributed by atoms with Crippen molar-refractivity contribution in [1.82, 2.24) is 5.32 Å². The van der Waals surface area contributed by atoms with E-state index in [4.69, 9.17) is 5.84 Å². The van der Waals surface area contributed by atoms with Gasteiger partial charge in [-0.3, -0.25) is 0 Å². The lowest BCUT2D eigenvalue weighted by molar-refractivity contribution is 0.808. The molecule has 0 saturated carbocycles. The fourth-order valence-electron chi connectivity index (χ4n) is 0.434. The molecule has 0 amide bonds. The van der Waals surface area contributed by atoms with E-state index in [0.717, 1.165) is 13.0 Å². The predicted octanol–water partition coefficient (Wildman–Crippen LogP) is 0.0966. The Morgan fingerprint density at radius 2 is 2.44 bits per heavy atom. The minimum absolute atomic E-state index is 0.995. The highest BCUT2D eigenvalue weighted by molar-refractivity contribution is 5.70. The summed E-state index contributed by atoms with van der Waals surface area (Å²) in [4.78, 5) is 0. The van der Waals surface area contributed by atoms with E-state index in [1.165, 1.54) is 0 Å². The fraction of sp³-hybridized carbons (Fsp3) is 0.500. The molecule has 0 saturated heterocycles. The molecular weight excluding hydrogens is 114 g/mol. The van der Waals surface area contributed by atoms with E-state index in [-0.39, 0.29) is 0 Å². The maximum atomic E-state index is 4.85. The Kier molecular flexibility index (Phi) is 6.51. The molecule has 3 nitrogen and oxygen atoms in total. The van der Waals surface area contributed by atoms with Gasteiger partial charge in [0, 0.05) is 6.21 Å². The number of rotatable bonds is 4. The van der Waals surface area contributed by atoms with Crippen molar-refractivity contribution in [1.29, 1.82) is 0 Å². The Balaban J connectivity index is 3.04. The monoisotopic (exact) mass is 127 g/mol. The minimum atomic E-state index is 0.995. The topological polar surface area (TPSA) is 50.4 Å². The number of hydrogen-bond donors (Lipinski definition) is 2. The summed E-state index contributed by atoms with van der Waals surface area (Å²) in [6, 6.07) is 0. The molecule has 52 valence electrons. The van der Waals surface area contributed by atoms with Crippen LogP contribution < -0.4 is 11.2 Å². The van der Waals surface area contributed by atoms with Gasteiger partial charge in [0.1, 0.15) is 0 Å². The quantitative estimate of drug-likeness (QED) is 0.243. The molecule has 0 bridgehead atoms. The van der Waals surface area contributed by atoms with E-state index >= 15 is 0 Å². The average molecular weight is 127 g/mol. The van der Waals surface area contributed by atoms with E-state index in [0.29, 0.717) is 0 Å². The van der Waals surface area contributed by atoms with Crippen molar-refractivity contribution in [2.24, 2.45) is 10.9 Å². The van der Waals surface area contributed by atoms with Gasteiger partial charge < -0.3 is 11.2 Å². The van der Waals surface area contributed by atoms with Crippen molar-refractivity contribution in [3.63, 3.8) is 0 Å². The third-order valence-corrected chi connectivity index (χ3v) is 0.869. The molecule has 0 radical (unpaired) electrons. The molecule has 3 N–H and O–H groups in total. The van der Waals surface area contributed by atoms with Gasteiger partial charge in [-0.15, -0.1) is 0 Å². The van der Waals surface area contributed by atoms with Crippen LogP contribution in [0.4, 0.5) is 0 Å². The molecule has 0 spiro atoms. The van der Waals surface area contributed by atoms with E-state index in [2.05, 4.69) is 10.4 Å². The summed E-state index contributed by atoms with van der Waals surface area (Å²) in [5.41, 5.74) is 0. The van der Waals surface area contributed by atoms with Crippen molar-refractivity contribution in [2.75, 3.05) is 13.6 Å². The lowest BCUT2D eigenvalue weighted by Gasteiger charge is -1.88. The minimum Gasteiger partial charge on any atom is -0.323 e. The highest BCUT2D eigenvalue weighted by atomic mass is 15.1. The Morgan fingerprint density at radius 1 is 1.67 bits per heavy atom. The van der Waals surface area contributed by atoms with E-state index in [1.807, 2.05) is 19.2 Å². The molecule has 0 rings (SSSR count). The third kappa shape index (κ3) is 7.17. The Bertz CT molecular complexity index is 96.5. The normalized spacial score (nSPS) is 11.7. The van der Waals surface area contributed by atoms with Crippen molar-refractivity contribution in [3.05, 3.63) is 12.2 Å². The van der Waals surface area contributed by atoms with Gasteiger partial charge in [0.25, 0.3) is 0 Å². The second kappa shape index (κ2) is 7.17. The average Bonchev–Trinajstić information content (AvgIpc) is 1.89. The summed E-state index contributed by atoms with van der Waals surface area (Å²) in [6.45, 7) is 0.995. The van der Waals surface area contributed by atoms with Gasteiger partial charge in [-0.05, 0) is 26.1 Å². The summed E-state index contributed by atoms with van der Waals surface area (Å²) < 4.78 is 0. The summed E-state index contributed by atoms with van der Waals surface area (Å²) in [5, 5.41) is 6.32. The number of allylic oxidation sites excluding steroid dienone is 1. The molecule has 0 atom stereocenters. The Morgan fingerprint density at radius 3 is 3.00 bits per heavy atom. The molecule has 0 aromatic carbocycles. The first-order valence-corrected chi connectivity index (χ1v) is 2.94. The number of nitrogens with one attached hydrogen (secondary N) is 1. The number of hydrazone groups is 1. The van der Waals surface area contributed by atoms with Crippen LogP contribution in [0.3, 0.4) is 0 Å². The van der Waals surface area contributed by atoms with Crippen LogP contribution in [0.2, 0.25) is 0 Å².